The summed E-state index contributed by atoms with van der Waals surface area (Å²) in [5.41, 5.74) is 4.13. The van der Waals surface area contributed by atoms with Crippen molar-refractivity contribution >= 4 is 41.3 Å². The molecule has 0 aliphatic rings. The molecule has 0 amide bonds. The van der Waals surface area contributed by atoms with Crippen molar-refractivity contribution in [3.05, 3.63) is 94.3 Å². The lowest BCUT2D eigenvalue weighted by Gasteiger charge is -2.09. The van der Waals surface area contributed by atoms with Crippen LogP contribution >= 0.6 is 35.3 Å². The van der Waals surface area contributed by atoms with Crippen LogP contribution in [0.1, 0.15) is 22.0 Å². The Morgan fingerprint density at radius 2 is 1.59 bits per heavy atom. The predicted molar refractivity (Wildman–Crippen MR) is 140 cm³/mol. The first-order valence-electron chi connectivity index (χ1n) is 10.2. The molecule has 0 fully saturated rings. The lowest BCUT2D eigenvalue weighted by atomic mass is 10.1. The molecule has 4 aromatic rings. The van der Waals surface area contributed by atoms with Gasteiger partial charge in [0, 0.05) is 24.4 Å². The van der Waals surface area contributed by atoms with Gasteiger partial charge in [-0.2, -0.15) is 0 Å². The summed E-state index contributed by atoms with van der Waals surface area (Å²) < 4.78 is 5.58. The number of aromatic nitrogens is 2. The highest BCUT2D eigenvalue weighted by Gasteiger charge is 2.08. The van der Waals surface area contributed by atoms with Crippen LogP contribution in [0.15, 0.2) is 81.7 Å². The highest BCUT2D eigenvalue weighted by Crippen LogP contribution is 2.17. The molecule has 0 aliphatic carbocycles. The summed E-state index contributed by atoms with van der Waals surface area (Å²) in [4.78, 5) is 13.5. The number of nitrogens with one attached hydrogen (secondary N) is 2. The van der Waals surface area contributed by atoms with E-state index in [2.05, 4.69) is 50.3 Å². The van der Waals surface area contributed by atoms with Gasteiger partial charge in [0.15, 0.2) is 5.96 Å². The fourth-order valence-electron chi connectivity index (χ4n) is 3.11. The van der Waals surface area contributed by atoms with E-state index in [4.69, 9.17) is 9.40 Å². The average Bonchev–Trinajstić information content (AvgIpc) is 3.49. The molecule has 0 spiro atoms. The summed E-state index contributed by atoms with van der Waals surface area (Å²) >= 11 is 1.71. The third-order valence-corrected chi connectivity index (χ3v) is 5.70. The Morgan fingerprint density at radius 1 is 0.906 bits per heavy atom. The van der Waals surface area contributed by atoms with Crippen LogP contribution < -0.4 is 10.6 Å². The second kappa shape index (κ2) is 12.4. The maximum Gasteiger partial charge on any atom is 0.226 e. The Bertz CT molecular complexity index is 1110. The average molecular weight is 559 g/mol. The van der Waals surface area contributed by atoms with Crippen LogP contribution in [0.25, 0.3) is 11.5 Å². The molecule has 2 heterocycles. The number of oxazole rings is 1. The monoisotopic (exact) mass is 559 g/mol. The summed E-state index contributed by atoms with van der Waals surface area (Å²) in [5, 5.41) is 9.83. The lowest BCUT2D eigenvalue weighted by Crippen LogP contribution is -2.36. The van der Waals surface area contributed by atoms with Crippen LogP contribution in [-0.4, -0.2) is 23.0 Å². The van der Waals surface area contributed by atoms with Gasteiger partial charge < -0.3 is 15.1 Å². The number of nitrogens with zero attached hydrogens (tertiary/aromatic N) is 3. The van der Waals surface area contributed by atoms with Crippen molar-refractivity contribution in [3.8, 4) is 11.5 Å². The molecule has 0 bridgehead atoms. The quantitative estimate of drug-likeness (QED) is 0.179. The van der Waals surface area contributed by atoms with Crippen LogP contribution in [0.5, 0.6) is 0 Å². The highest BCUT2D eigenvalue weighted by atomic mass is 127. The first-order chi connectivity index (χ1) is 15.3. The molecule has 0 atom stereocenters. The first-order valence-corrected chi connectivity index (χ1v) is 11.1. The van der Waals surface area contributed by atoms with Crippen LogP contribution in [-0.2, 0) is 25.9 Å². The molecule has 6 nitrogen and oxygen atoms in total. The summed E-state index contributed by atoms with van der Waals surface area (Å²) in [7, 11) is 1.75. The number of aliphatic imine (C=N–C) groups is 1. The van der Waals surface area contributed by atoms with E-state index in [9.17, 15) is 0 Å². The van der Waals surface area contributed by atoms with Gasteiger partial charge in [0.1, 0.15) is 6.26 Å². The van der Waals surface area contributed by atoms with Crippen molar-refractivity contribution in [2.24, 2.45) is 4.99 Å². The van der Waals surface area contributed by atoms with E-state index in [-0.39, 0.29) is 24.0 Å². The largest absolute Gasteiger partial charge is 0.444 e. The molecule has 2 N–H and O–H groups in total. The SMILES string of the molecule is CN=C(NCc1coc(-c2ccccc2)n1)NCc1csc(CCc2ccccc2)n1.I. The molecular formula is C24H26IN5OS. The maximum absolute atomic E-state index is 5.58. The van der Waals surface area contributed by atoms with Crippen molar-refractivity contribution in [2.75, 3.05) is 7.05 Å². The van der Waals surface area contributed by atoms with Gasteiger partial charge in [-0.1, -0.05) is 48.5 Å². The minimum absolute atomic E-state index is 0. The van der Waals surface area contributed by atoms with Gasteiger partial charge in [-0.25, -0.2) is 9.97 Å². The molecule has 0 aliphatic heterocycles. The molecule has 0 saturated heterocycles. The standard InChI is InChI=1S/C24H25N5OS.HI/c1-25-24(26-14-20-16-30-23(29-20)19-10-6-3-7-11-19)27-15-21-17-31-22(28-21)13-12-18-8-4-2-5-9-18;/h2-11,16-17H,12-15H2,1H3,(H2,25,26,27);1H. The zero-order chi connectivity index (χ0) is 21.3. The molecule has 4 rings (SSSR count). The number of benzene rings is 2. The van der Waals surface area contributed by atoms with Crippen molar-refractivity contribution < 1.29 is 4.42 Å². The van der Waals surface area contributed by atoms with Crippen LogP contribution in [0.4, 0.5) is 0 Å². The summed E-state index contributed by atoms with van der Waals surface area (Å²) in [6, 6.07) is 20.4. The summed E-state index contributed by atoms with van der Waals surface area (Å²) in [6.07, 6.45) is 3.63. The van der Waals surface area contributed by atoms with Crippen LogP contribution in [0.2, 0.25) is 0 Å². The van der Waals surface area contributed by atoms with E-state index in [1.807, 2.05) is 36.4 Å². The first kappa shape index (κ1) is 23.9. The van der Waals surface area contributed by atoms with Crippen molar-refractivity contribution in [1.29, 1.82) is 0 Å². The van der Waals surface area contributed by atoms with Gasteiger partial charge >= 0.3 is 0 Å². The zero-order valence-corrected chi connectivity index (χ0v) is 21.0. The van der Waals surface area contributed by atoms with E-state index in [1.54, 1.807) is 24.6 Å². The van der Waals surface area contributed by atoms with Crippen molar-refractivity contribution in [3.63, 3.8) is 0 Å². The van der Waals surface area contributed by atoms with Gasteiger partial charge in [-0.3, -0.25) is 4.99 Å². The number of guanidine groups is 1. The van der Waals surface area contributed by atoms with Gasteiger partial charge in [0.25, 0.3) is 0 Å². The molecule has 2 aromatic heterocycles. The Kier molecular flexibility index (Phi) is 9.24. The predicted octanol–water partition coefficient (Wildman–Crippen LogP) is 5.07. The number of aryl methyl sites for hydroxylation is 2. The zero-order valence-electron chi connectivity index (χ0n) is 17.8. The Hall–Kier alpha value is -2.72. The maximum atomic E-state index is 5.58. The molecule has 0 unspecified atom stereocenters. The van der Waals surface area contributed by atoms with Gasteiger partial charge in [0.05, 0.1) is 29.5 Å². The van der Waals surface area contributed by atoms with E-state index in [1.165, 1.54) is 5.56 Å². The normalized spacial score (nSPS) is 11.1. The fourth-order valence-corrected chi connectivity index (χ4v) is 3.91. The molecule has 0 radical (unpaired) electrons. The second-order valence-corrected chi connectivity index (χ2v) is 7.95. The van der Waals surface area contributed by atoms with Gasteiger partial charge in [-0.15, -0.1) is 35.3 Å². The molecule has 0 saturated carbocycles. The third-order valence-electron chi connectivity index (χ3n) is 4.74. The molecule has 2 aromatic carbocycles. The second-order valence-electron chi connectivity index (χ2n) is 7.01. The Balaban J connectivity index is 0.00000289. The smallest absolute Gasteiger partial charge is 0.226 e. The number of hydrogen-bond acceptors (Lipinski definition) is 5. The van der Waals surface area contributed by atoms with E-state index in [0.717, 1.165) is 34.8 Å². The number of halogens is 1. The highest BCUT2D eigenvalue weighted by molar-refractivity contribution is 14.0. The van der Waals surface area contributed by atoms with Gasteiger partial charge in [-0.05, 0) is 24.1 Å². The molecular weight excluding hydrogens is 533 g/mol. The minimum atomic E-state index is 0. The van der Waals surface area contributed by atoms with Crippen molar-refractivity contribution in [1.82, 2.24) is 20.6 Å². The summed E-state index contributed by atoms with van der Waals surface area (Å²) in [6.45, 7) is 1.14. The number of thiazole rings is 1. The van der Waals surface area contributed by atoms with Crippen molar-refractivity contribution in [2.45, 2.75) is 25.9 Å². The fraction of sp³-hybridized carbons (Fsp3) is 0.208. The molecule has 8 heteroatoms. The minimum Gasteiger partial charge on any atom is -0.444 e. The van der Waals surface area contributed by atoms with Crippen LogP contribution in [0, 0.1) is 0 Å². The number of rotatable bonds is 8. The number of hydrogen-bond donors (Lipinski definition) is 2. The molecule has 32 heavy (non-hydrogen) atoms. The molecule has 166 valence electrons. The van der Waals surface area contributed by atoms with E-state index in [0.29, 0.717) is 24.9 Å². The third kappa shape index (κ3) is 6.89. The van der Waals surface area contributed by atoms with Gasteiger partial charge in [0.2, 0.25) is 5.89 Å². The topological polar surface area (TPSA) is 75.3 Å². The Morgan fingerprint density at radius 3 is 2.31 bits per heavy atom. The van der Waals surface area contributed by atoms with E-state index >= 15 is 0 Å². The Labute approximate surface area is 209 Å². The van der Waals surface area contributed by atoms with Crippen LogP contribution in [0.3, 0.4) is 0 Å². The summed E-state index contributed by atoms with van der Waals surface area (Å²) in [5.74, 6) is 1.31. The van der Waals surface area contributed by atoms with E-state index < -0.39 is 0 Å². The lowest BCUT2D eigenvalue weighted by molar-refractivity contribution is 0.572.